The molecule has 26 heavy (non-hydrogen) atoms. The molecule has 4 aromatic rings. The third-order valence-electron chi connectivity index (χ3n) is 5.57. The van der Waals surface area contributed by atoms with Crippen LogP contribution in [0, 0.1) is 0 Å². The maximum atomic E-state index is 10.5. The van der Waals surface area contributed by atoms with Gasteiger partial charge in [0, 0.05) is 0 Å². The first kappa shape index (κ1) is 15.7. The highest BCUT2D eigenvalue weighted by Crippen LogP contribution is 2.42. The first-order valence-electron chi connectivity index (χ1n) is 8.66. The Balaban J connectivity index is 1.88. The lowest BCUT2D eigenvalue weighted by atomic mass is 9.80. The molecule has 130 valence electrons. The Labute approximate surface area is 149 Å². The highest BCUT2D eigenvalue weighted by atomic mass is 16.4. The Morgan fingerprint density at radius 2 is 1.15 bits per heavy atom. The van der Waals surface area contributed by atoms with E-state index in [1.54, 1.807) is 6.07 Å². The lowest BCUT2D eigenvalue weighted by Gasteiger charge is -2.35. The van der Waals surface area contributed by atoms with E-state index < -0.39 is 24.4 Å². The van der Waals surface area contributed by atoms with Gasteiger partial charge in [-0.3, -0.25) is 0 Å². The number of benzene rings is 4. The van der Waals surface area contributed by atoms with E-state index in [0.29, 0.717) is 11.1 Å². The topological polar surface area (TPSA) is 80.9 Å². The van der Waals surface area contributed by atoms with Gasteiger partial charge >= 0.3 is 0 Å². The molecule has 4 aromatic carbocycles. The Bertz CT molecular complexity index is 1170. The van der Waals surface area contributed by atoms with E-state index in [1.807, 2.05) is 30.3 Å². The van der Waals surface area contributed by atoms with E-state index in [1.165, 1.54) is 0 Å². The lowest BCUT2D eigenvalue weighted by molar-refractivity contribution is -0.119. The summed E-state index contributed by atoms with van der Waals surface area (Å²) in [6.07, 6.45) is -5.29. The second-order valence-corrected chi connectivity index (χ2v) is 7.02. The zero-order valence-electron chi connectivity index (χ0n) is 13.9. The van der Waals surface area contributed by atoms with Gasteiger partial charge in [-0.2, -0.15) is 0 Å². The molecule has 0 radical (unpaired) electrons. The molecule has 1 aliphatic carbocycles. The quantitative estimate of drug-likeness (QED) is 0.291. The Kier molecular flexibility index (Phi) is 3.33. The summed E-state index contributed by atoms with van der Waals surface area (Å²) in [5, 5.41) is 47.1. The fraction of sp³-hybridized carbons (Fsp3) is 0.182. The number of hydrogen-bond acceptors (Lipinski definition) is 4. The summed E-state index contributed by atoms with van der Waals surface area (Å²) in [6, 6.07) is 19.9. The Morgan fingerprint density at radius 1 is 0.538 bits per heavy atom. The molecule has 0 amide bonds. The third kappa shape index (κ3) is 2.04. The molecule has 0 fully saturated rings. The van der Waals surface area contributed by atoms with E-state index in [4.69, 9.17) is 0 Å². The van der Waals surface area contributed by atoms with Crippen LogP contribution in [0.1, 0.15) is 23.3 Å². The predicted molar refractivity (Wildman–Crippen MR) is 101 cm³/mol. The number of fused-ring (bicyclic) bond motifs is 6. The van der Waals surface area contributed by atoms with Gasteiger partial charge in [0.05, 0.1) is 0 Å². The number of hydrogen-bond donors (Lipinski definition) is 4. The third-order valence-corrected chi connectivity index (χ3v) is 5.57. The minimum absolute atomic E-state index is 0.461. The molecule has 4 nitrogen and oxygen atoms in total. The first-order chi connectivity index (χ1) is 12.6. The van der Waals surface area contributed by atoms with Gasteiger partial charge in [-0.05, 0) is 55.6 Å². The monoisotopic (exact) mass is 346 g/mol. The van der Waals surface area contributed by atoms with Crippen molar-refractivity contribution in [1.29, 1.82) is 0 Å². The maximum absolute atomic E-state index is 10.5. The summed E-state index contributed by atoms with van der Waals surface area (Å²) in [7, 11) is 0. The van der Waals surface area contributed by atoms with Crippen LogP contribution in [0.2, 0.25) is 0 Å². The average Bonchev–Trinajstić information content (AvgIpc) is 2.68. The van der Waals surface area contributed by atoms with Crippen LogP contribution >= 0.6 is 0 Å². The van der Waals surface area contributed by atoms with Crippen LogP contribution in [0.15, 0.2) is 60.7 Å². The summed E-state index contributed by atoms with van der Waals surface area (Å²) >= 11 is 0. The van der Waals surface area contributed by atoms with Gasteiger partial charge < -0.3 is 20.4 Å². The molecule has 4 N–H and O–H groups in total. The summed E-state index contributed by atoms with van der Waals surface area (Å²) in [5.41, 5.74) is 0.950. The molecule has 0 unspecified atom stereocenters. The molecule has 0 aromatic heterocycles. The van der Waals surface area contributed by atoms with Gasteiger partial charge in [-0.25, -0.2) is 0 Å². The van der Waals surface area contributed by atoms with Gasteiger partial charge in [0.2, 0.25) is 0 Å². The van der Waals surface area contributed by atoms with Crippen molar-refractivity contribution in [1.82, 2.24) is 0 Å². The molecule has 1 aliphatic rings. The molecular formula is C22H18O4. The molecule has 5 rings (SSSR count). The largest absolute Gasteiger partial charge is 0.387 e. The normalized spacial score (nSPS) is 25.7. The van der Waals surface area contributed by atoms with Crippen LogP contribution in [0.25, 0.3) is 32.3 Å². The molecular weight excluding hydrogens is 328 g/mol. The van der Waals surface area contributed by atoms with Crippen LogP contribution < -0.4 is 0 Å². The van der Waals surface area contributed by atoms with Crippen LogP contribution in [-0.4, -0.2) is 32.6 Å². The summed E-state index contributed by atoms with van der Waals surface area (Å²) in [4.78, 5) is 0. The smallest absolute Gasteiger partial charge is 0.113 e. The van der Waals surface area contributed by atoms with Crippen molar-refractivity contribution in [2.24, 2.45) is 0 Å². The number of aliphatic hydroxyl groups is 4. The summed E-state index contributed by atoms with van der Waals surface area (Å²) in [6.45, 7) is 0. The summed E-state index contributed by atoms with van der Waals surface area (Å²) in [5.74, 6) is 0. The molecule has 0 aliphatic heterocycles. The Hall–Kier alpha value is -2.50. The molecule has 4 heteroatoms. The van der Waals surface area contributed by atoms with Crippen molar-refractivity contribution in [3.8, 4) is 0 Å². The second-order valence-electron chi connectivity index (χ2n) is 7.02. The van der Waals surface area contributed by atoms with Crippen molar-refractivity contribution < 1.29 is 20.4 Å². The van der Waals surface area contributed by atoms with E-state index in [-0.39, 0.29) is 0 Å². The molecule has 0 spiro atoms. The lowest BCUT2D eigenvalue weighted by Crippen LogP contribution is -2.41. The average molecular weight is 346 g/mol. The van der Waals surface area contributed by atoms with Crippen molar-refractivity contribution in [3.63, 3.8) is 0 Å². The highest BCUT2D eigenvalue weighted by molar-refractivity contribution is 6.12. The van der Waals surface area contributed by atoms with Crippen LogP contribution in [0.5, 0.6) is 0 Å². The standard InChI is InChI=1S/C22H18O4/c23-19-15-8-7-13-9-16-12(6-5-11-3-1-2-4-14(11)16)10-17(13)18(15)20(24)22(26)21(19)25/h1-10,19-26H/t19-,20+,21+,22-/m0/s1. The van der Waals surface area contributed by atoms with Gasteiger partial charge in [0.25, 0.3) is 0 Å². The number of aliphatic hydroxyl groups excluding tert-OH is 4. The van der Waals surface area contributed by atoms with E-state index in [2.05, 4.69) is 24.3 Å². The van der Waals surface area contributed by atoms with Crippen LogP contribution in [0.3, 0.4) is 0 Å². The first-order valence-corrected chi connectivity index (χ1v) is 8.66. The van der Waals surface area contributed by atoms with Crippen LogP contribution in [-0.2, 0) is 0 Å². The van der Waals surface area contributed by atoms with E-state index >= 15 is 0 Å². The van der Waals surface area contributed by atoms with Gasteiger partial charge in [-0.15, -0.1) is 0 Å². The Morgan fingerprint density at radius 3 is 2.00 bits per heavy atom. The second kappa shape index (κ2) is 5.50. The molecule has 4 atom stereocenters. The highest BCUT2D eigenvalue weighted by Gasteiger charge is 2.40. The fourth-order valence-corrected chi connectivity index (χ4v) is 4.18. The zero-order valence-corrected chi connectivity index (χ0v) is 13.9. The SMILES string of the molecule is O[C@@H]1[C@H](O)[C@@H](O)c2ccc3cc4c(ccc5ccccc54)cc3c2[C@H]1O. The summed E-state index contributed by atoms with van der Waals surface area (Å²) < 4.78 is 0. The minimum atomic E-state index is -1.42. The van der Waals surface area contributed by atoms with Crippen molar-refractivity contribution in [2.45, 2.75) is 24.4 Å². The van der Waals surface area contributed by atoms with Gasteiger partial charge in [0.15, 0.2) is 0 Å². The van der Waals surface area contributed by atoms with Crippen LogP contribution in [0.4, 0.5) is 0 Å². The van der Waals surface area contributed by atoms with Crippen molar-refractivity contribution in [2.75, 3.05) is 0 Å². The number of rotatable bonds is 0. The molecule has 0 saturated heterocycles. The minimum Gasteiger partial charge on any atom is -0.387 e. The van der Waals surface area contributed by atoms with Gasteiger partial charge in [-0.1, -0.05) is 48.5 Å². The van der Waals surface area contributed by atoms with Crippen molar-refractivity contribution >= 4 is 32.3 Å². The molecule has 0 heterocycles. The van der Waals surface area contributed by atoms with Gasteiger partial charge in [0.1, 0.15) is 24.4 Å². The van der Waals surface area contributed by atoms with E-state index in [9.17, 15) is 20.4 Å². The zero-order chi connectivity index (χ0) is 18.0. The fourth-order valence-electron chi connectivity index (χ4n) is 4.18. The van der Waals surface area contributed by atoms with E-state index in [0.717, 1.165) is 32.3 Å². The van der Waals surface area contributed by atoms with Crippen molar-refractivity contribution in [3.05, 3.63) is 71.8 Å². The maximum Gasteiger partial charge on any atom is 0.113 e. The predicted octanol–water partition coefficient (Wildman–Crippen LogP) is 2.95. The molecule has 0 bridgehead atoms. The molecule has 0 saturated carbocycles.